The number of sulfone groups is 1. The van der Waals surface area contributed by atoms with Crippen molar-refractivity contribution in [3.05, 3.63) is 46.8 Å². The summed E-state index contributed by atoms with van der Waals surface area (Å²) < 4.78 is 29.8. The zero-order valence-electron chi connectivity index (χ0n) is 18.8. The highest BCUT2D eigenvalue weighted by molar-refractivity contribution is 7.90. The van der Waals surface area contributed by atoms with E-state index in [9.17, 15) is 13.2 Å². The lowest BCUT2D eigenvalue weighted by Gasteiger charge is -2.14. The molecule has 0 aliphatic carbocycles. The van der Waals surface area contributed by atoms with E-state index in [0.717, 1.165) is 23.2 Å². The van der Waals surface area contributed by atoms with Crippen molar-refractivity contribution < 1.29 is 13.2 Å². The van der Waals surface area contributed by atoms with Crippen molar-refractivity contribution in [2.45, 2.75) is 13.5 Å². The number of nitrogens with one attached hydrogen (secondary N) is 1. The van der Waals surface area contributed by atoms with Crippen LogP contribution in [0.4, 0.5) is 11.5 Å². The number of hydrogen-bond acceptors (Lipinski definition) is 8. The molecule has 0 bridgehead atoms. The third-order valence-corrected chi connectivity index (χ3v) is 5.84. The first kappa shape index (κ1) is 23.7. The molecule has 3 rings (SSSR count). The van der Waals surface area contributed by atoms with E-state index >= 15 is 0 Å². The van der Waals surface area contributed by atoms with Gasteiger partial charge in [0, 0.05) is 44.8 Å². The van der Waals surface area contributed by atoms with E-state index in [-0.39, 0.29) is 23.7 Å². The molecule has 0 saturated carbocycles. The molecule has 1 aromatic carbocycles. The van der Waals surface area contributed by atoms with E-state index < -0.39 is 9.84 Å². The molecule has 0 unspecified atom stereocenters. The second-order valence-electron chi connectivity index (χ2n) is 7.65. The lowest BCUT2D eigenvalue weighted by Crippen LogP contribution is -2.29. The molecule has 0 fully saturated rings. The summed E-state index contributed by atoms with van der Waals surface area (Å²) >= 11 is 0. The molecule has 2 heterocycles. The standard InChI is InChI=1S/C22H29N5O4S/c1-5-31-14-13-27-21-19(24-20(22(27)28)23-12-15-32(4,29)30)11-10-18(25-21)16-6-8-17(9-7-16)26(2)3/h6-11H,5,12-15H2,1-4H3,(H,23,24). The highest BCUT2D eigenvalue weighted by Crippen LogP contribution is 2.23. The number of aromatic nitrogens is 3. The molecule has 10 heteroatoms. The Balaban J connectivity index is 2.02. The highest BCUT2D eigenvalue weighted by atomic mass is 32.2. The first-order valence-corrected chi connectivity index (χ1v) is 12.4. The maximum atomic E-state index is 13.1. The van der Waals surface area contributed by atoms with Crippen LogP contribution in [0.25, 0.3) is 22.4 Å². The molecule has 0 aliphatic rings. The van der Waals surface area contributed by atoms with E-state index in [0.29, 0.717) is 30.9 Å². The average molecular weight is 460 g/mol. The summed E-state index contributed by atoms with van der Waals surface area (Å²) in [7, 11) is 0.803. The normalized spacial score (nSPS) is 11.6. The molecular weight excluding hydrogens is 430 g/mol. The first-order chi connectivity index (χ1) is 15.2. The topological polar surface area (TPSA) is 106 Å². The van der Waals surface area contributed by atoms with Gasteiger partial charge in [-0.1, -0.05) is 12.1 Å². The number of hydrogen-bond donors (Lipinski definition) is 1. The van der Waals surface area contributed by atoms with Gasteiger partial charge in [-0.2, -0.15) is 0 Å². The molecule has 172 valence electrons. The van der Waals surface area contributed by atoms with Crippen LogP contribution in [0.3, 0.4) is 0 Å². The lowest BCUT2D eigenvalue weighted by molar-refractivity contribution is 0.139. The maximum Gasteiger partial charge on any atom is 0.295 e. The average Bonchev–Trinajstić information content (AvgIpc) is 2.75. The van der Waals surface area contributed by atoms with Gasteiger partial charge < -0.3 is 15.0 Å². The van der Waals surface area contributed by atoms with Crippen LogP contribution in [0.15, 0.2) is 41.2 Å². The third-order valence-electron chi connectivity index (χ3n) is 4.90. The van der Waals surface area contributed by atoms with Gasteiger partial charge in [0.05, 0.1) is 24.6 Å². The quantitative estimate of drug-likeness (QED) is 0.459. The van der Waals surface area contributed by atoms with Crippen LogP contribution >= 0.6 is 0 Å². The van der Waals surface area contributed by atoms with Gasteiger partial charge in [-0.3, -0.25) is 9.36 Å². The number of pyridine rings is 1. The molecule has 32 heavy (non-hydrogen) atoms. The molecule has 0 aliphatic heterocycles. The van der Waals surface area contributed by atoms with E-state index in [2.05, 4.69) is 10.3 Å². The maximum absolute atomic E-state index is 13.1. The van der Waals surface area contributed by atoms with Gasteiger partial charge in [0.15, 0.2) is 11.5 Å². The minimum atomic E-state index is -3.16. The fourth-order valence-corrected chi connectivity index (χ4v) is 3.66. The number of fused-ring (bicyclic) bond motifs is 1. The van der Waals surface area contributed by atoms with Crippen LogP contribution in [0.5, 0.6) is 0 Å². The van der Waals surface area contributed by atoms with Crippen LogP contribution in [-0.2, 0) is 21.1 Å². The van der Waals surface area contributed by atoms with Gasteiger partial charge >= 0.3 is 0 Å². The molecule has 9 nitrogen and oxygen atoms in total. The predicted octanol–water partition coefficient (Wildman–Crippen LogP) is 2.02. The summed E-state index contributed by atoms with van der Waals surface area (Å²) in [6.07, 6.45) is 1.15. The van der Waals surface area contributed by atoms with Gasteiger partial charge in [0.25, 0.3) is 5.56 Å². The monoisotopic (exact) mass is 459 g/mol. The summed E-state index contributed by atoms with van der Waals surface area (Å²) in [5.74, 6) is 0.00754. The summed E-state index contributed by atoms with van der Waals surface area (Å²) in [4.78, 5) is 24.2. The van der Waals surface area contributed by atoms with Crippen molar-refractivity contribution >= 4 is 32.5 Å². The Bertz CT molecular complexity index is 1240. The second-order valence-corrected chi connectivity index (χ2v) is 9.91. The largest absolute Gasteiger partial charge is 0.380 e. The van der Waals surface area contributed by atoms with E-state index in [1.807, 2.05) is 62.3 Å². The zero-order chi connectivity index (χ0) is 23.3. The molecule has 2 aromatic heterocycles. The van der Waals surface area contributed by atoms with Gasteiger partial charge in [-0.15, -0.1) is 0 Å². The van der Waals surface area contributed by atoms with Crippen molar-refractivity contribution in [3.63, 3.8) is 0 Å². The summed E-state index contributed by atoms with van der Waals surface area (Å²) in [5.41, 5.74) is 3.37. The summed E-state index contributed by atoms with van der Waals surface area (Å²) in [6.45, 7) is 3.18. The Kier molecular flexibility index (Phi) is 7.47. The lowest BCUT2D eigenvalue weighted by atomic mass is 10.1. The minimum Gasteiger partial charge on any atom is -0.380 e. The molecular formula is C22H29N5O4S. The zero-order valence-corrected chi connectivity index (χ0v) is 19.6. The number of ether oxygens (including phenoxy) is 1. The number of benzene rings is 1. The Morgan fingerprint density at radius 1 is 1.09 bits per heavy atom. The smallest absolute Gasteiger partial charge is 0.295 e. The van der Waals surface area contributed by atoms with Crippen LogP contribution < -0.4 is 15.8 Å². The van der Waals surface area contributed by atoms with E-state index in [1.165, 1.54) is 4.57 Å². The molecule has 0 saturated heterocycles. The van der Waals surface area contributed by atoms with Crippen LogP contribution in [0.1, 0.15) is 6.92 Å². The molecule has 0 amide bonds. The highest BCUT2D eigenvalue weighted by Gasteiger charge is 2.14. The van der Waals surface area contributed by atoms with Crippen LogP contribution in [0, 0.1) is 0 Å². The summed E-state index contributed by atoms with van der Waals surface area (Å²) in [6, 6.07) is 11.7. The SMILES string of the molecule is CCOCCn1c(=O)c(NCCS(C)(=O)=O)nc2ccc(-c3ccc(N(C)C)cc3)nc21. The number of anilines is 2. The third kappa shape index (κ3) is 5.83. The first-order valence-electron chi connectivity index (χ1n) is 10.4. The second kappa shape index (κ2) is 10.1. The molecule has 0 radical (unpaired) electrons. The molecule has 3 aromatic rings. The fourth-order valence-electron chi connectivity index (χ4n) is 3.19. The summed E-state index contributed by atoms with van der Waals surface area (Å²) in [5, 5.41) is 2.86. The van der Waals surface area contributed by atoms with Crippen molar-refractivity contribution in [1.82, 2.24) is 14.5 Å². The number of nitrogens with zero attached hydrogens (tertiary/aromatic N) is 4. The molecule has 0 atom stereocenters. The Morgan fingerprint density at radius 3 is 2.44 bits per heavy atom. The Morgan fingerprint density at radius 2 is 1.81 bits per heavy atom. The Labute approximate surface area is 188 Å². The van der Waals surface area contributed by atoms with E-state index in [1.54, 1.807) is 0 Å². The van der Waals surface area contributed by atoms with Crippen molar-refractivity contribution in [2.24, 2.45) is 0 Å². The van der Waals surface area contributed by atoms with Gasteiger partial charge in [0.2, 0.25) is 0 Å². The van der Waals surface area contributed by atoms with Crippen molar-refractivity contribution in [2.75, 3.05) is 56.1 Å². The van der Waals surface area contributed by atoms with Gasteiger partial charge in [0.1, 0.15) is 15.4 Å². The van der Waals surface area contributed by atoms with Crippen LogP contribution in [0.2, 0.25) is 0 Å². The molecule has 1 N–H and O–H groups in total. The Hall–Kier alpha value is -2.98. The molecule has 0 spiro atoms. The van der Waals surface area contributed by atoms with Gasteiger partial charge in [-0.05, 0) is 31.2 Å². The van der Waals surface area contributed by atoms with Crippen molar-refractivity contribution in [1.29, 1.82) is 0 Å². The van der Waals surface area contributed by atoms with Crippen molar-refractivity contribution in [3.8, 4) is 11.3 Å². The fraction of sp³-hybridized carbons (Fsp3) is 0.409. The number of rotatable bonds is 10. The van der Waals surface area contributed by atoms with Gasteiger partial charge in [-0.25, -0.2) is 18.4 Å². The minimum absolute atomic E-state index is 0.0920. The van der Waals surface area contributed by atoms with E-state index in [4.69, 9.17) is 9.72 Å². The van der Waals surface area contributed by atoms with Crippen LogP contribution in [-0.4, -0.2) is 68.8 Å². The predicted molar refractivity (Wildman–Crippen MR) is 128 cm³/mol.